The van der Waals surface area contributed by atoms with Gasteiger partial charge in [-0.3, -0.25) is 0 Å². The molecule has 0 spiro atoms. The van der Waals surface area contributed by atoms with Crippen molar-refractivity contribution in [3.63, 3.8) is 0 Å². The lowest BCUT2D eigenvalue weighted by molar-refractivity contribution is 0.0373. The first-order valence-corrected chi connectivity index (χ1v) is 5.82. The van der Waals surface area contributed by atoms with Crippen LogP contribution in [0.4, 0.5) is 19.3 Å². The topological polar surface area (TPSA) is 64.3 Å². The van der Waals surface area contributed by atoms with Crippen molar-refractivity contribution < 1.29 is 18.3 Å². The highest BCUT2D eigenvalue weighted by Crippen LogP contribution is 2.22. The van der Waals surface area contributed by atoms with Gasteiger partial charge in [0.1, 0.15) is 11.6 Å². The van der Waals surface area contributed by atoms with Crippen LogP contribution >= 0.6 is 0 Å². The zero-order valence-electron chi connectivity index (χ0n) is 11.1. The Balaban J connectivity index is 2.79. The average Bonchev–Trinajstić information content (AvgIpc) is 2.24. The first-order chi connectivity index (χ1) is 8.69. The zero-order chi connectivity index (χ0) is 14.6. The molecule has 1 atom stereocenters. The fourth-order valence-electron chi connectivity index (χ4n) is 1.43. The van der Waals surface area contributed by atoms with Crippen molar-refractivity contribution in [2.75, 3.05) is 5.73 Å². The van der Waals surface area contributed by atoms with Crippen LogP contribution in [0.2, 0.25) is 0 Å². The molecule has 0 aliphatic rings. The number of carbonyl (C=O) groups is 1. The van der Waals surface area contributed by atoms with Gasteiger partial charge in [0.2, 0.25) is 0 Å². The number of alkyl carbamates (subject to hydrolysis) is 1. The molecule has 19 heavy (non-hydrogen) atoms. The second kappa shape index (κ2) is 5.86. The molecule has 0 aromatic heterocycles. The molecule has 0 saturated carbocycles. The smallest absolute Gasteiger partial charge is 0.408 e. The Hall–Kier alpha value is -1.85. The Kier molecular flexibility index (Phi) is 4.69. The van der Waals surface area contributed by atoms with Crippen LogP contribution in [0.3, 0.4) is 0 Å². The number of nitrogen functional groups attached to an aromatic ring is 1. The first-order valence-electron chi connectivity index (χ1n) is 5.82. The van der Waals surface area contributed by atoms with Crippen LogP contribution < -0.4 is 11.1 Å². The van der Waals surface area contributed by atoms with E-state index in [2.05, 4.69) is 5.32 Å². The van der Waals surface area contributed by atoms with Crippen molar-refractivity contribution >= 4 is 11.8 Å². The van der Waals surface area contributed by atoms with E-state index in [9.17, 15) is 13.6 Å². The molecule has 0 bridgehead atoms. The molecule has 4 nitrogen and oxygen atoms in total. The Morgan fingerprint density at radius 1 is 1.26 bits per heavy atom. The number of anilines is 1. The average molecular weight is 272 g/mol. The molecular weight excluding hydrogens is 254 g/mol. The van der Waals surface area contributed by atoms with Crippen molar-refractivity contribution in [1.29, 1.82) is 0 Å². The van der Waals surface area contributed by atoms with E-state index >= 15 is 0 Å². The highest BCUT2D eigenvalue weighted by Gasteiger charge is 2.26. The number of carbonyl (C=O) groups excluding carboxylic acids is 1. The Morgan fingerprint density at radius 2 is 1.79 bits per heavy atom. The molecule has 1 aromatic rings. The molecule has 1 amide bonds. The maximum absolute atomic E-state index is 13.0. The van der Waals surface area contributed by atoms with Gasteiger partial charge in [-0.25, -0.2) is 13.6 Å². The van der Waals surface area contributed by atoms with Crippen LogP contribution in [0.25, 0.3) is 0 Å². The van der Waals surface area contributed by atoms with E-state index < -0.39 is 24.2 Å². The van der Waals surface area contributed by atoms with Gasteiger partial charge in [-0.15, -0.1) is 0 Å². The number of rotatable bonds is 3. The molecule has 3 N–H and O–H groups in total. The van der Waals surface area contributed by atoms with E-state index in [0.29, 0.717) is 5.69 Å². The minimum Gasteiger partial charge on any atom is -0.444 e. The summed E-state index contributed by atoms with van der Waals surface area (Å²) < 4.78 is 30.9. The zero-order valence-corrected chi connectivity index (χ0v) is 11.1. The second-order valence-corrected chi connectivity index (χ2v) is 5.13. The lowest BCUT2D eigenvalue weighted by Crippen LogP contribution is -2.37. The molecule has 0 unspecified atom stereocenters. The Labute approximate surface area is 110 Å². The normalized spacial score (nSPS) is 13.2. The van der Waals surface area contributed by atoms with E-state index in [1.807, 2.05) is 0 Å². The summed E-state index contributed by atoms with van der Waals surface area (Å²) in [7, 11) is 0. The largest absolute Gasteiger partial charge is 0.444 e. The summed E-state index contributed by atoms with van der Waals surface area (Å²) in [6.45, 7) is 4.98. The number of hydrogen-bond acceptors (Lipinski definition) is 3. The van der Waals surface area contributed by atoms with Gasteiger partial charge in [-0.1, -0.05) is 12.1 Å². The Morgan fingerprint density at radius 3 is 2.21 bits per heavy atom. The summed E-state index contributed by atoms with van der Waals surface area (Å²) in [6, 6.07) is 4.48. The van der Waals surface area contributed by atoms with Crippen LogP contribution in [0.5, 0.6) is 0 Å². The van der Waals surface area contributed by atoms with E-state index in [1.165, 1.54) is 24.3 Å². The number of nitrogens with two attached hydrogens (primary N) is 1. The van der Waals surface area contributed by atoms with Gasteiger partial charge in [0.15, 0.2) is 0 Å². The fraction of sp³-hybridized carbons (Fsp3) is 0.462. The summed E-state index contributed by atoms with van der Waals surface area (Å²) in [4.78, 5) is 11.5. The molecule has 1 aromatic carbocycles. The number of amides is 1. The lowest BCUT2D eigenvalue weighted by Gasteiger charge is -2.23. The van der Waals surface area contributed by atoms with Crippen LogP contribution in [0.1, 0.15) is 32.4 Å². The summed E-state index contributed by atoms with van der Waals surface area (Å²) in [6.07, 6.45) is -3.62. The summed E-state index contributed by atoms with van der Waals surface area (Å²) in [5.41, 5.74) is 5.49. The molecule has 1 rings (SSSR count). The third-order valence-corrected chi connectivity index (χ3v) is 2.22. The molecule has 0 aliphatic carbocycles. The highest BCUT2D eigenvalue weighted by molar-refractivity contribution is 5.68. The first kappa shape index (κ1) is 15.2. The van der Waals surface area contributed by atoms with Crippen LogP contribution in [-0.2, 0) is 4.74 Å². The molecule has 0 fully saturated rings. The van der Waals surface area contributed by atoms with E-state index in [4.69, 9.17) is 10.5 Å². The van der Waals surface area contributed by atoms with Gasteiger partial charge in [-0.2, -0.15) is 0 Å². The van der Waals surface area contributed by atoms with Crippen molar-refractivity contribution in [1.82, 2.24) is 5.32 Å². The summed E-state index contributed by atoms with van der Waals surface area (Å²) in [5.74, 6) is 0. The van der Waals surface area contributed by atoms with Crippen LogP contribution in [0, 0.1) is 0 Å². The van der Waals surface area contributed by atoms with Crippen molar-refractivity contribution in [3.05, 3.63) is 29.8 Å². The minimum absolute atomic E-state index is 0.273. The van der Waals surface area contributed by atoms with E-state index in [-0.39, 0.29) is 5.56 Å². The molecule has 0 saturated heterocycles. The van der Waals surface area contributed by atoms with Gasteiger partial charge in [-0.05, 0) is 38.5 Å². The second-order valence-electron chi connectivity index (χ2n) is 5.13. The molecular formula is C13H18F2N2O2. The number of ether oxygens (including phenoxy) is 1. The van der Waals surface area contributed by atoms with E-state index in [1.54, 1.807) is 20.8 Å². The van der Waals surface area contributed by atoms with Crippen molar-refractivity contribution in [2.45, 2.75) is 38.8 Å². The number of nitrogens with one attached hydrogen (secondary N) is 1. The van der Waals surface area contributed by atoms with Crippen molar-refractivity contribution in [2.24, 2.45) is 0 Å². The van der Waals surface area contributed by atoms with Crippen LogP contribution in [-0.4, -0.2) is 18.1 Å². The number of hydrogen-bond donors (Lipinski definition) is 2. The third kappa shape index (κ3) is 5.11. The van der Waals surface area contributed by atoms with Gasteiger partial charge >= 0.3 is 6.09 Å². The summed E-state index contributed by atoms with van der Waals surface area (Å²) >= 11 is 0. The minimum atomic E-state index is -2.74. The predicted octanol–water partition coefficient (Wildman–Crippen LogP) is 3.10. The number of benzene rings is 1. The standard InChI is InChI=1S/C13H18F2N2O2/c1-13(2,3)19-12(18)17-10(11(14)15)8-4-6-9(16)7-5-8/h4-7,10-11H,16H2,1-3H3,(H,17,18)/t10-/m1/s1. The van der Waals surface area contributed by atoms with Gasteiger partial charge in [0.25, 0.3) is 6.43 Å². The maximum Gasteiger partial charge on any atom is 0.408 e. The Bertz CT molecular complexity index is 427. The van der Waals surface area contributed by atoms with Crippen molar-refractivity contribution in [3.8, 4) is 0 Å². The fourth-order valence-corrected chi connectivity index (χ4v) is 1.43. The van der Waals surface area contributed by atoms with Crippen LogP contribution in [0.15, 0.2) is 24.3 Å². The SMILES string of the molecule is CC(C)(C)OC(=O)N[C@H](c1ccc(N)cc1)C(F)F. The molecule has 0 radical (unpaired) electrons. The van der Waals surface area contributed by atoms with Gasteiger partial charge in [0, 0.05) is 5.69 Å². The predicted molar refractivity (Wildman–Crippen MR) is 69.0 cm³/mol. The van der Waals surface area contributed by atoms with E-state index in [0.717, 1.165) is 0 Å². The van der Waals surface area contributed by atoms with Gasteiger partial charge < -0.3 is 15.8 Å². The van der Waals surface area contributed by atoms with Gasteiger partial charge in [0.05, 0.1) is 0 Å². The summed E-state index contributed by atoms with van der Waals surface area (Å²) in [5, 5.41) is 2.16. The molecule has 6 heteroatoms. The molecule has 0 heterocycles. The molecule has 106 valence electrons. The quantitative estimate of drug-likeness (QED) is 0.831. The number of alkyl halides is 2. The number of halogens is 2. The lowest BCUT2D eigenvalue weighted by atomic mass is 10.1. The molecule has 0 aliphatic heterocycles. The maximum atomic E-state index is 13.0. The third-order valence-electron chi connectivity index (χ3n) is 2.22. The highest BCUT2D eigenvalue weighted by atomic mass is 19.3. The monoisotopic (exact) mass is 272 g/mol.